The number of rotatable bonds is 2. The van der Waals surface area contributed by atoms with E-state index in [0.717, 1.165) is 24.2 Å². The van der Waals surface area contributed by atoms with Crippen molar-refractivity contribution >= 4 is 29.5 Å². The van der Waals surface area contributed by atoms with E-state index in [4.69, 9.17) is 0 Å². The second kappa shape index (κ2) is 6.61. The minimum atomic E-state index is -1.00. The second-order valence-corrected chi connectivity index (χ2v) is 7.06. The van der Waals surface area contributed by atoms with Gasteiger partial charge in [0.15, 0.2) is 0 Å². The quantitative estimate of drug-likeness (QED) is 0.774. The summed E-state index contributed by atoms with van der Waals surface area (Å²) < 4.78 is 0. The van der Waals surface area contributed by atoms with Crippen molar-refractivity contribution in [1.29, 1.82) is 0 Å². The molecule has 3 aliphatic heterocycles. The van der Waals surface area contributed by atoms with Crippen molar-refractivity contribution in [2.45, 2.75) is 38.1 Å². The van der Waals surface area contributed by atoms with Gasteiger partial charge in [-0.1, -0.05) is 0 Å². The number of benzene rings is 1. The van der Waals surface area contributed by atoms with Gasteiger partial charge in [-0.2, -0.15) is 0 Å². The fraction of sp³-hybridized carbons (Fsp3) is 0.421. The molecule has 140 valence electrons. The Kier molecular flexibility index (Phi) is 4.25. The van der Waals surface area contributed by atoms with E-state index < -0.39 is 29.7 Å². The zero-order valence-corrected chi connectivity index (χ0v) is 14.7. The molecule has 8 heteroatoms. The lowest BCUT2D eigenvalue weighted by molar-refractivity contribution is -0.136. The number of hydrogen-bond acceptors (Lipinski definition) is 5. The van der Waals surface area contributed by atoms with Crippen molar-refractivity contribution in [3.05, 3.63) is 34.9 Å². The van der Waals surface area contributed by atoms with Crippen LogP contribution in [0.2, 0.25) is 0 Å². The molecule has 3 heterocycles. The van der Waals surface area contributed by atoms with Gasteiger partial charge in [-0.25, -0.2) is 0 Å². The van der Waals surface area contributed by atoms with E-state index in [9.17, 15) is 24.0 Å². The first kappa shape index (κ1) is 17.4. The lowest BCUT2D eigenvalue weighted by atomic mass is 10.0. The average molecular weight is 369 g/mol. The van der Waals surface area contributed by atoms with E-state index in [1.807, 2.05) is 0 Å². The van der Waals surface area contributed by atoms with Gasteiger partial charge in [-0.3, -0.25) is 34.2 Å². The molecule has 1 N–H and O–H groups in total. The summed E-state index contributed by atoms with van der Waals surface area (Å²) in [5, 5.41) is 2.16. The standard InChI is InChI=1S/C19H19N3O5/c23-15-7-6-14(16(24)20-15)22-18(26)12-5-4-11(10-13(12)19(22)27)17(25)21-8-2-1-3-9-21/h4-5,10,14H,1-3,6-9H2,(H,20,23,24). The second-order valence-electron chi connectivity index (χ2n) is 7.06. The molecular formula is C19H19N3O5. The first-order valence-electron chi connectivity index (χ1n) is 9.12. The summed E-state index contributed by atoms with van der Waals surface area (Å²) in [5.74, 6) is -2.39. The Bertz CT molecular complexity index is 872. The van der Waals surface area contributed by atoms with Gasteiger partial charge in [0.25, 0.3) is 17.7 Å². The number of amides is 5. The normalized spacial score (nSPS) is 22.7. The molecule has 8 nitrogen and oxygen atoms in total. The predicted molar refractivity (Wildman–Crippen MR) is 92.9 cm³/mol. The number of nitrogens with one attached hydrogen (secondary N) is 1. The van der Waals surface area contributed by atoms with Crippen molar-refractivity contribution in [2.75, 3.05) is 13.1 Å². The molecule has 2 fully saturated rings. The van der Waals surface area contributed by atoms with Gasteiger partial charge in [0.05, 0.1) is 11.1 Å². The van der Waals surface area contributed by atoms with Crippen molar-refractivity contribution in [1.82, 2.24) is 15.1 Å². The first-order valence-corrected chi connectivity index (χ1v) is 9.12. The van der Waals surface area contributed by atoms with E-state index in [1.54, 1.807) is 11.0 Å². The van der Waals surface area contributed by atoms with Crippen LogP contribution in [0.4, 0.5) is 0 Å². The highest BCUT2D eigenvalue weighted by Crippen LogP contribution is 2.28. The summed E-state index contributed by atoms with van der Waals surface area (Å²) in [5.41, 5.74) is 0.675. The maximum absolute atomic E-state index is 12.8. The predicted octanol–water partition coefficient (Wildman–Crippen LogP) is 0.714. The minimum Gasteiger partial charge on any atom is -0.339 e. The van der Waals surface area contributed by atoms with Crippen LogP contribution >= 0.6 is 0 Å². The molecule has 3 aliphatic rings. The number of imide groups is 2. The zero-order valence-electron chi connectivity index (χ0n) is 14.7. The maximum atomic E-state index is 12.8. The van der Waals surface area contributed by atoms with Crippen LogP contribution in [0.1, 0.15) is 63.2 Å². The third-order valence-electron chi connectivity index (χ3n) is 5.33. The monoisotopic (exact) mass is 369 g/mol. The summed E-state index contributed by atoms with van der Waals surface area (Å²) in [4.78, 5) is 64.2. The first-order chi connectivity index (χ1) is 13.0. The SMILES string of the molecule is O=C1CCC(N2C(=O)c3ccc(C(=O)N4CCCCC4)cc3C2=O)C(=O)N1. The van der Waals surface area contributed by atoms with E-state index >= 15 is 0 Å². The fourth-order valence-electron chi connectivity index (χ4n) is 3.88. The summed E-state index contributed by atoms with van der Waals surface area (Å²) in [6.07, 6.45) is 3.19. The van der Waals surface area contributed by atoms with E-state index in [1.165, 1.54) is 12.1 Å². The van der Waals surface area contributed by atoms with Crippen LogP contribution in [-0.2, 0) is 9.59 Å². The van der Waals surface area contributed by atoms with Crippen LogP contribution in [0.25, 0.3) is 0 Å². The Hall–Kier alpha value is -3.03. The van der Waals surface area contributed by atoms with Crippen LogP contribution in [0.15, 0.2) is 18.2 Å². The number of nitrogens with zero attached hydrogens (tertiary/aromatic N) is 2. The number of likely N-dealkylation sites (tertiary alicyclic amines) is 1. The third kappa shape index (κ3) is 2.90. The largest absolute Gasteiger partial charge is 0.339 e. The van der Waals surface area contributed by atoms with Crippen LogP contribution < -0.4 is 5.32 Å². The topological polar surface area (TPSA) is 104 Å². The summed E-state index contributed by atoms with van der Waals surface area (Å²) in [7, 11) is 0. The van der Waals surface area contributed by atoms with Gasteiger partial charge in [0, 0.05) is 25.1 Å². The number of piperidine rings is 2. The number of carbonyl (C=O) groups excluding carboxylic acids is 5. The molecule has 1 atom stereocenters. The van der Waals surface area contributed by atoms with Gasteiger partial charge >= 0.3 is 0 Å². The molecule has 0 bridgehead atoms. The third-order valence-corrected chi connectivity index (χ3v) is 5.33. The molecule has 1 unspecified atom stereocenters. The molecule has 1 aromatic carbocycles. The Morgan fingerprint density at radius 3 is 2.37 bits per heavy atom. The van der Waals surface area contributed by atoms with E-state index in [-0.39, 0.29) is 29.9 Å². The fourth-order valence-corrected chi connectivity index (χ4v) is 3.88. The van der Waals surface area contributed by atoms with Crippen molar-refractivity contribution in [3.8, 4) is 0 Å². The molecule has 0 aliphatic carbocycles. The van der Waals surface area contributed by atoms with Gasteiger partial charge in [-0.05, 0) is 43.9 Å². The highest BCUT2D eigenvalue weighted by molar-refractivity contribution is 6.24. The molecule has 0 saturated carbocycles. The molecule has 0 aromatic heterocycles. The van der Waals surface area contributed by atoms with E-state index in [0.29, 0.717) is 18.7 Å². The number of hydrogen-bond donors (Lipinski definition) is 1. The van der Waals surface area contributed by atoms with Crippen LogP contribution in [0, 0.1) is 0 Å². The van der Waals surface area contributed by atoms with Gasteiger partial charge in [-0.15, -0.1) is 0 Å². The lowest BCUT2D eigenvalue weighted by Gasteiger charge is -2.27. The average Bonchev–Trinajstić information content (AvgIpc) is 2.92. The molecule has 0 radical (unpaired) electrons. The van der Waals surface area contributed by atoms with Crippen molar-refractivity contribution in [2.24, 2.45) is 0 Å². The summed E-state index contributed by atoms with van der Waals surface area (Å²) in [6, 6.07) is 3.46. The molecule has 0 spiro atoms. The van der Waals surface area contributed by atoms with Crippen LogP contribution in [0.5, 0.6) is 0 Å². The van der Waals surface area contributed by atoms with Crippen molar-refractivity contribution in [3.63, 3.8) is 0 Å². The zero-order chi connectivity index (χ0) is 19.1. The molecule has 1 aromatic rings. The Balaban J connectivity index is 1.61. The molecule has 2 saturated heterocycles. The Morgan fingerprint density at radius 1 is 0.963 bits per heavy atom. The van der Waals surface area contributed by atoms with Crippen molar-refractivity contribution < 1.29 is 24.0 Å². The minimum absolute atomic E-state index is 0.0719. The highest BCUT2D eigenvalue weighted by Gasteiger charge is 2.44. The molecule has 5 amide bonds. The van der Waals surface area contributed by atoms with Gasteiger partial charge in [0.2, 0.25) is 11.8 Å². The lowest BCUT2D eigenvalue weighted by Crippen LogP contribution is -2.54. The molecular weight excluding hydrogens is 350 g/mol. The maximum Gasteiger partial charge on any atom is 0.262 e. The molecule has 4 rings (SSSR count). The summed E-state index contributed by atoms with van der Waals surface area (Å²) >= 11 is 0. The Morgan fingerprint density at radius 2 is 1.67 bits per heavy atom. The van der Waals surface area contributed by atoms with Crippen LogP contribution in [0.3, 0.4) is 0 Å². The smallest absolute Gasteiger partial charge is 0.262 e. The van der Waals surface area contributed by atoms with Gasteiger partial charge in [0.1, 0.15) is 6.04 Å². The highest BCUT2D eigenvalue weighted by atomic mass is 16.2. The van der Waals surface area contributed by atoms with Crippen LogP contribution in [-0.4, -0.2) is 58.5 Å². The van der Waals surface area contributed by atoms with E-state index in [2.05, 4.69) is 5.32 Å². The molecule has 27 heavy (non-hydrogen) atoms. The van der Waals surface area contributed by atoms with Gasteiger partial charge < -0.3 is 4.90 Å². The summed E-state index contributed by atoms with van der Waals surface area (Å²) in [6.45, 7) is 1.37. The number of carbonyl (C=O) groups is 5. The Labute approximate surface area is 155 Å². The number of fused-ring (bicyclic) bond motifs is 1.